The Morgan fingerprint density at radius 2 is 1.44 bits per heavy atom. The minimum Gasteiger partial charge on any atom is -0.207 e. The topological polar surface area (TPSA) is 37.4 Å². The van der Waals surface area contributed by atoms with E-state index in [0.717, 1.165) is 17.6 Å². The van der Waals surface area contributed by atoms with Crippen LogP contribution in [0.2, 0.25) is 0 Å². The minimum atomic E-state index is -3.60. The maximum Gasteiger partial charge on any atom is 0.243 e. The van der Waals surface area contributed by atoms with Crippen molar-refractivity contribution in [3.8, 4) is 0 Å². The number of hydrogen-bond donors (Lipinski definition) is 0. The number of sulfonamides is 1. The van der Waals surface area contributed by atoms with Crippen molar-refractivity contribution in [3.05, 3.63) is 130 Å². The maximum atomic E-state index is 13.7. The number of nitrogens with zero attached hydrogens (tertiary/aromatic N) is 1. The van der Waals surface area contributed by atoms with Crippen LogP contribution in [-0.4, -0.2) is 25.8 Å². The molecule has 1 heterocycles. The molecule has 3 aromatic rings. The summed E-state index contributed by atoms with van der Waals surface area (Å²) >= 11 is 0. The van der Waals surface area contributed by atoms with Crippen LogP contribution in [0.25, 0.3) is 5.57 Å². The van der Waals surface area contributed by atoms with Crippen molar-refractivity contribution in [3.63, 3.8) is 0 Å². The van der Waals surface area contributed by atoms with Crippen LogP contribution in [0, 0.1) is 18.8 Å². The second kappa shape index (κ2) is 9.68. The van der Waals surface area contributed by atoms with Crippen molar-refractivity contribution in [1.29, 1.82) is 0 Å². The van der Waals surface area contributed by atoms with Gasteiger partial charge in [0.05, 0.1) is 4.90 Å². The molecular weight excluding hydrogens is 462 g/mol. The van der Waals surface area contributed by atoms with Gasteiger partial charge in [0.1, 0.15) is 0 Å². The van der Waals surface area contributed by atoms with Gasteiger partial charge in [-0.05, 0) is 67.2 Å². The lowest BCUT2D eigenvalue weighted by Gasteiger charge is -2.35. The molecule has 1 saturated heterocycles. The van der Waals surface area contributed by atoms with Gasteiger partial charge in [0.2, 0.25) is 10.0 Å². The molecule has 5 rings (SSSR count). The molecule has 0 spiro atoms. The normalized spacial score (nSPS) is 20.5. The molecule has 0 radical (unpaired) electrons. The second-order valence-electron chi connectivity index (χ2n) is 10.2. The van der Waals surface area contributed by atoms with Gasteiger partial charge in [-0.3, -0.25) is 0 Å². The molecular formula is C32H33NO2S. The van der Waals surface area contributed by atoms with E-state index in [0.29, 0.717) is 18.0 Å². The van der Waals surface area contributed by atoms with Gasteiger partial charge >= 0.3 is 0 Å². The van der Waals surface area contributed by atoms with Crippen LogP contribution >= 0.6 is 0 Å². The lowest BCUT2D eigenvalue weighted by molar-refractivity contribution is 0.466. The van der Waals surface area contributed by atoms with E-state index in [1.807, 2.05) is 31.2 Å². The van der Waals surface area contributed by atoms with Gasteiger partial charge in [-0.1, -0.05) is 96.1 Å². The molecule has 36 heavy (non-hydrogen) atoms. The summed E-state index contributed by atoms with van der Waals surface area (Å²) in [5.74, 6) is 0.137. The highest BCUT2D eigenvalue weighted by Gasteiger charge is 2.46. The lowest BCUT2D eigenvalue weighted by Crippen LogP contribution is -2.29. The Hall–Kier alpha value is -3.21. The summed E-state index contributed by atoms with van der Waals surface area (Å²) in [4.78, 5) is 0.358. The van der Waals surface area contributed by atoms with Crippen molar-refractivity contribution in [2.24, 2.45) is 11.8 Å². The van der Waals surface area contributed by atoms with Gasteiger partial charge < -0.3 is 0 Å². The maximum absolute atomic E-state index is 13.7. The van der Waals surface area contributed by atoms with Crippen molar-refractivity contribution in [2.75, 3.05) is 13.1 Å². The Bertz CT molecular complexity index is 1450. The van der Waals surface area contributed by atoms with Crippen molar-refractivity contribution < 1.29 is 8.42 Å². The van der Waals surface area contributed by atoms with E-state index in [1.165, 1.54) is 33.4 Å². The number of allylic oxidation sites excluding steroid dienone is 3. The summed E-state index contributed by atoms with van der Waals surface area (Å²) in [5.41, 5.74) is 9.43. The molecule has 1 fully saturated rings. The summed E-state index contributed by atoms with van der Waals surface area (Å²) < 4.78 is 29.1. The highest BCUT2D eigenvalue weighted by atomic mass is 32.2. The fourth-order valence-corrected chi connectivity index (χ4v) is 7.25. The Labute approximate surface area is 215 Å². The van der Waals surface area contributed by atoms with Crippen LogP contribution in [0.5, 0.6) is 0 Å². The van der Waals surface area contributed by atoms with Crippen LogP contribution in [0.3, 0.4) is 0 Å². The molecule has 0 saturated carbocycles. The second-order valence-corrected chi connectivity index (χ2v) is 12.1. The number of hydrogen-bond acceptors (Lipinski definition) is 2. The molecule has 3 aromatic carbocycles. The van der Waals surface area contributed by atoms with Gasteiger partial charge in [-0.15, -0.1) is 0 Å². The van der Waals surface area contributed by atoms with Gasteiger partial charge in [-0.2, -0.15) is 4.31 Å². The van der Waals surface area contributed by atoms with Crippen molar-refractivity contribution in [2.45, 2.75) is 32.1 Å². The van der Waals surface area contributed by atoms with Crippen molar-refractivity contribution >= 4 is 15.6 Å². The minimum absolute atomic E-state index is 0.0568. The Kier molecular flexibility index (Phi) is 6.59. The Morgan fingerprint density at radius 3 is 2.06 bits per heavy atom. The largest absolute Gasteiger partial charge is 0.243 e. The number of aryl methyl sites for hydroxylation is 1. The van der Waals surface area contributed by atoms with Crippen LogP contribution in [0.1, 0.15) is 30.5 Å². The molecule has 4 heteroatoms. The molecule has 0 amide bonds. The summed E-state index contributed by atoms with van der Waals surface area (Å²) in [5, 5.41) is 0. The van der Waals surface area contributed by atoms with E-state index in [-0.39, 0.29) is 11.8 Å². The quantitative estimate of drug-likeness (QED) is 0.389. The molecule has 0 aromatic heterocycles. The van der Waals surface area contributed by atoms with Crippen LogP contribution in [-0.2, 0) is 16.4 Å². The predicted octanol–water partition coefficient (Wildman–Crippen LogP) is 6.83. The van der Waals surface area contributed by atoms with E-state index in [4.69, 9.17) is 0 Å². The zero-order valence-corrected chi connectivity index (χ0v) is 22.1. The van der Waals surface area contributed by atoms with E-state index in [1.54, 1.807) is 16.4 Å². The fourth-order valence-electron chi connectivity index (χ4n) is 5.76. The lowest BCUT2D eigenvalue weighted by atomic mass is 9.68. The standard InChI is InChI=1S/C32H33NO2S/c1-22(2)31-24(4)29-20-33(36(34,35)27-17-15-23(3)16-18-27)21-30(29)28(19-25-11-7-5-8-12-25)32(31)26-13-9-6-10-14-26/h5-18,29-30H,4,19-21H2,1-3H3/t29-,30+/m1/s1. The third kappa shape index (κ3) is 4.40. The Morgan fingerprint density at radius 1 is 0.861 bits per heavy atom. The molecule has 1 aliphatic carbocycles. The molecule has 2 aliphatic rings. The first-order valence-electron chi connectivity index (χ1n) is 12.5. The molecule has 2 atom stereocenters. The van der Waals surface area contributed by atoms with E-state index in [2.05, 4.69) is 69.0 Å². The molecule has 0 N–H and O–H groups in total. The summed E-state index contributed by atoms with van der Waals surface area (Å²) in [6, 6.07) is 28.2. The van der Waals surface area contributed by atoms with Gasteiger partial charge in [-0.25, -0.2) is 8.42 Å². The van der Waals surface area contributed by atoms with Crippen LogP contribution in [0.4, 0.5) is 0 Å². The first-order chi connectivity index (χ1) is 17.3. The SMILES string of the molecule is C=C1C(=C(C)C)C(c2ccccc2)=C(Cc2ccccc2)[C@@H]2CN(S(=O)(=O)c3ccc(C)cc3)C[C@H]12. The monoisotopic (exact) mass is 495 g/mol. The molecule has 3 nitrogen and oxygen atoms in total. The predicted molar refractivity (Wildman–Crippen MR) is 148 cm³/mol. The summed E-state index contributed by atoms with van der Waals surface area (Å²) in [7, 11) is -3.60. The summed E-state index contributed by atoms with van der Waals surface area (Å²) in [6.07, 6.45) is 0.786. The third-order valence-corrected chi connectivity index (χ3v) is 9.38. The van der Waals surface area contributed by atoms with Gasteiger partial charge in [0.25, 0.3) is 0 Å². The molecule has 0 unspecified atom stereocenters. The zero-order valence-electron chi connectivity index (χ0n) is 21.2. The third-order valence-electron chi connectivity index (χ3n) is 7.53. The zero-order chi connectivity index (χ0) is 25.4. The van der Waals surface area contributed by atoms with E-state index >= 15 is 0 Å². The number of benzene rings is 3. The van der Waals surface area contributed by atoms with E-state index < -0.39 is 10.0 Å². The van der Waals surface area contributed by atoms with Crippen LogP contribution in [0.15, 0.2) is 119 Å². The average Bonchev–Trinajstić information content (AvgIpc) is 3.34. The number of rotatable bonds is 5. The molecule has 0 bridgehead atoms. The highest BCUT2D eigenvalue weighted by molar-refractivity contribution is 7.89. The van der Waals surface area contributed by atoms with Crippen molar-refractivity contribution in [1.82, 2.24) is 4.31 Å². The van der Waals surface area contributed by atoms with Crippen LogP contribution < -0.4 is 0 Å². The van der Waals surface area contributed by atoms with Gasteiger partial charge in [0.15, 0.2) is 0 Å². The van der Waals surface area contributed by atoms with E-state index in [9.17, 15) is 8.42 Å². The first-order valence-corrected chi connectivity index (χ1v) is 14.0. The summed E-state index contributed by atoms with van der Waals surface area (Å²) in [6.45, 7) is 11.7. The Balaban J connectivity index is 1.66. The molecule has 1 aliphatic heterocycles. The first kappa shape index (κ1) is 24.5. The average molecular weight is 496 g/mol. The van der Waals surface area contributed by atoms with Gasteiger partial charge in [0, 0.05) is 24.9 Å². The molecule has 184 valence electrons. The number of fused-ring (bicyclic) bond motifs is 1. The smallest absolute Gasteiger partial charge is 0.207 e. The highest BCUT2D eigenvalue weighted by Crippen LogP contribution is 2.51. The fraction of sp³-hybridized carbons (Fsp3) is 0.250.